The van der Waals surface area contributed by atoms with Crippen molar-refractivity contribution in [1.29, 1.82) is 0 Å². The molecule has 1 amide bonds. The number of aliphatic hydroxyl groups is 1. The van der Waals surface area contributed by atoms with Gasteiger partial charge in [0.25, 0.3) is 0 Å². The zero-order valence-corrected chi connectivity index (χ0v) is 14.9. The van der Waals surface area contributed by atoms with Crippen molar-refractivity contribution in [2.45, 2.75) is 71.4 Å². The Morgan fingerprint density at radius 2 is 1.43 bits per heavy atom. The van der Waals surface area contributed by atoms with Gasteiger partial charge in [0.15, 0.2) is 0 Å². The lowest BCUT2D eigenvalue weighted by molar-refractivity contribution is -0.120. The quantitative estimate of drug-likeness (QED) is 0.522. The summed E-state index contributed by atoms with van der Waals surface area (Å²) in [6.07, 6.45) is 22.2. The lowest BCUT2D eigenvalue weighted by atomic mass is 10.1. The maximum Gasteiger partial charge on any atom is 0.217 e. The van der Waals surface area contributed by atoms with Gasteiger partial charge in [-0.25, -0.2) is 0 Å². The summed E-state index contributed by atoms with van der Waals surface area (Å²) in [5.74, 6) is -0.104. The van der Waals surface area contributed by atoms with Crippen LogP contribution in [0.1, 0.15) is 59.3 Å². The predicted molar refractivity (Wildman–Crippen MR) is 99.2 cm³/mol. The number of hydrogen-bond acceptors (Lipinski definition) is 2. The van der Waals surface area contributed by atoms with E-state index in [9.17, 15) is 9.90 Å². The van der Waals surface area contributed by atoms with Gasteiger partial charge >= 0.3 is 0 Å². The maximum atomic E-state index is 10.9. The fourth-order valence-electron chi connectivity index (χ4n) is 2.03. The number of rotatable bonds is 12. The van der Waals surface area contributed by atoms with Crippen LogP contribution in [-0.4, -0.2) is 23.2 Å². The summed E-state index contributed by atoms with van der Waals surface area (Å²) in [7, 11) is 0. The van der Waals surface area contributed by atoms with E-state index >= 15 is 0 Å². The van der Waals surface area contributed by atoms with E-state index in [4.69, 9.17) is 0 Å². The molecular formula is C20H33NO2. The van der Waals surface area contributed by atoms with Crippen LogP contribution < -0.4 is 5.32 Å². The first-order valence-electron chi connectivity index (χ1n) is 8.63. The molecule has 3 heteroatoms. The maximum absolute atomic E-state index is 10.9. The first-order valence-corrected chi connectivity index (χ1v) is 8.63. The van der Waals surface area contributed by atoms with Gasteiger partial charge in [-0.05, 0) is 45.4 Å². The van der Waals surface area contributed by atoms with Crippen molar-refractivity contribution in [1.82, 2.24) is 5.32 Å². The van der Waals surface area contributed by atoms with Crippen LogP contribution in [0.25, 0.3) is 0 Å². The molecule has 0 radical (unpaired) electrons. The van der Waals surface area contributed by atoms with Crippen LogP contribution >= 0.6 is 0 Å². The van der Waals surface area contributed by atoms with Crippen LogP contribution in [0, 0.1) is 0 Å². The Labute approximate surface area is 141 Å². The third kappa shape index (κ3) is 15.1. The summed E-state index contributed by atoms with van der Waals surface area (Å²) in [6, 6.07) is -0.195. The highest BCUT2D eigenvalue weighted by atomic mass is 16.3. The molecule has 0 aliphatic heterocycles. The number of nitrogens with one attached hydrogen (secondary N) is 1. The molecule has 2 atom stereocenters. The molecule has 3 nitrogen and oxygen atoms in total. The highest BCUT2D eigenvalue weighted by Gasteiger charge is 2.13. The van der Waals surface area contributed by atoms with Gasteiger partial charge in [-0.2, -0.15) is 0 Å². The van der Waals surface area contributed by atoms with Gasteiger partial charge in [0.1, 0.15) is 0 Å². The summed E-state index contributed by atoms with van der Waals surface area (Å²) in [5, 5.41) is 12.6. The molecule has 0 aliphatic carbocycles. The Morgan fingerprint density at radius 1 is 0.957 bits per heavy atom. The van der Waals surface area contributed by atoms with Crippen molar-refractivity contribution in [2.24, 2.45) is 0 Å². The lowest BCUT2D eigenvalue weighted by Gasteiger charge is -2.18. The Morgan fingerprint density at radius 3 is 1.91 bits per heavy atom. The number of hydrogen-bond donors (Lipinski definition) is 2. The standard InChI is InChI=1S/C20H33NO2/c1-4-5-6-7-8-9-10-11-12-13-14-15-16-17-20(23)18(2)21-19(3)22/h5-6,8-9,11-12,14-15,18,20,23H,4,7,10,13,16-17H2,1-3H3,(H,21,22). The van der Waals surface area contributed by atoms with Crippen molar-refractivity contribution in [3.63, 3.8) is 0 Å². The third-order valence-corrected chi connectivity index (χ3v) is 3.36. The number of amides is 1. The summed E-state index contributed by atoms with van der Waals surface area (Å²) in [4.78, 5) is 10.9. The molecule has 2 N–H and O–H groups in total. The first-order chi connectivity index (χ1) is 11.1. The minimum Gasteiger partial charge on any atom is -0.391 e. The zero-order valence-electron chi connectivity index (χ0n) is 14.9. The van der Waals surface area contributed by atoms with E-state index in [1.54, 1.807) is 0 Å². The van der Waals surface area contributed by atoms with Gasteiger partial charge in [0.05, 0.1) is 12.1 Å². The van der Waals surface area contributed by atoms with Gasteiger partial charge in [-0.15, -0.1) is 0 Å². The number of carbonyl (C=O) groups excluding carboxylic acids is 1. The van der Waals surface area contributed by atoms with Gasteiger partial charge in [-0.1, -0.05) is 55.5 Å². The van der Waals surface area contributed by atoms with Gasteiger partial charge in [0, 0.05) is 6.92 Å². The molecule has 0 saturated carbocycles. The average Bonchev–Trinajstić information content (AvgIpc) is 2.51. The monoisotopic (exact) mass is 319 g/mol. The largest absolute Gasteiger partial charge is 0.391 e. The van der Waals surface area contributed by atoms with Crippen molar-refractivity contribution in [3.8, 4) is 0 Å². The summed E-state index contributed by atoms with van der Waals surface area (Å²) >= 11 is 0. The molecule has 0 aliphatic rings. The number of carbonyl (C=O) groups is 1. The smallest absolute Gasteiger partial charge is 0.217 e. The van der Waals surface area contributed by atoms with Gasteiger partial charge in [-0.3, -0.25) is 4.79 Å². The highest BCUT2D eigenvalue weighted by Crippen LogP contribution is 2.04. The second kappa shape index (κ2) is 15.3. The van der Waals surface area contributed by atoms with Crippen LogP contribution in [0.5, 0.6) is 0 Å². The van der Waals surface area contributed by atoms with E-state index in [0.29, 0.717) is 6.42 Å². The van der Waals surface area contributed by atoms with Crippen LogP contribution in [-0.2, 0) is 4.79 Å². The molecule has 0 bridgehead atoms. The van der Waals surface area contributed by atoms with E-state index < -0.39 is 6.10 Å². The SMILES string of the molecule is CCC=CCC=CCC=CCC=CCCC(O)C(C)NC(C)=O. The predicted octanol–water partition coefficient (Wildman–Crippen LogP) is 4.46. The third-order valence-electron chi connectivity index (χ3n) is 3.36. The molecule has 0 fully saturated rings. The van der Waals surface area contributed by atoms with Crippen molar-refractivity contribution in [2.75, 3.05) is 0 Å². The van der Waals surface area contributed by atoms with E-state index in [-0.39, 0.29) is 11.9 Å². The fraction of sp³-hybridized carbons (Fsp3) is 0.550. The normalized spacial score (nSPS) is 15.1. The number of aliphatic hydroxyl groups excluding tert-OH is 1. The van der Waals surface area contributed by atoms with E-state index in [1.807, 2.05) is 6.92 Å². The minimum absolute atomic E-state index is 0.104. The molecule has 0 spiro atoms. The highest BCUT2D eigenvalue weighted by molar-refractivity contribution is 5.73. The van der Waals surface area contributed by atoms with Crippen molar-refractivity contribution >= 4 is 5.91 Å². The van der Waals surface area contributed by atoms with Crippen molar-refractivity contribution in [3.05, 3.63) is 48.6 Å². The molecular weight excluding hydrogens is 286 g/mol. The minimum atomic E-state index is -0.494. The topological polar surface area (TPSA) is 49.3 Å². The van der Waals surface area contributed by atoms with Crippen molar-refractivity contribution < 1.29 is 9.90 Å². The van der Waals surface area contributed by atoms with Crippen LogP contribution in [0.3, 0.4) is 0 Å². The summed E-state index contributed by atoms with van der Waals surface area (Å²) in [6.45, 7) is 5.43. The van der Waals surface area contributed by atoms with Crippen LogP contribution in [0.4, 0.5) is 0 Å². The fourth-order valence-corrected chi connectivity index (χ4v) is 2.03. The second-order valence-electron chi connectivity index (χ2n) is 5.63. The Balaban J connectivity index is 3.65. The van der Waals surface area contributed by atoms with E-state index in [2.05, 4.69) is 60.8 Å². The first kappa shape index (κ1) is 21.4. The summed E-state index contributed by atoms with van der Waals surface area (Å²) in [5.41, 5.74) is 0. The molecule has 0 aromatic heterocycles. The average molecular weight is 319 g/mol. The van der Waals surface area contributed by atoms with Crippen LogP contribution in [0.15, 0.2) is 48.6 Å². The summed E-state index contributed by atoms with van der Waals surface area (Å²) < 4.78 is 0. The Hall–Kier alpha value is -1.61. The molecule has 0 aromatic carbocycles. The zero-order chi connectivity index (χ0) is 17.3. The molecule has 0 rings (SSSR count). The molecule has 0 aromatic rings. The second-order valence-corrected chi connectivity index (χ2v) is 5.63. The van der Waals surface area contributed by atoms with E-state index in [1.165, 1.54) is 6.92 Å². The van der Waals surface area contributed by atoms with Gasteiger partial charge in [0.2, 0.25) is 5.91 Å². The lowest BCUT2D eigenvalue weighted by Crippen LogP contribution is -2.39. The Kier molecular flexibility index (Phi) is 14.2. The van der Waals surface area contributed by atoms with E-state index in [0.717, 1.165) is 32.1 Å². The van der Waals surface area contributed by atoms with Gasteiger partial charge < -0.3 is 10.4 Å². The molecule has 0 heterocycles. The molecule has 130 valence electrons. The molecule has 2 unspecified atom stereocenters. The number of allylic oxidation sites excluding steroid dienone is 8. The van der Waals surface area contributed by atoms with Crippen LogP contribution in [0.2, 0.25) is 0 Å². The Bertz CT molecular complexity index is 408. The molecule has 23 heavy (non-hydrogen) atoms. The molecule has 0 saturated heterocycles.